The van der Waals surface area contributed by atoms with Gasteiger partial charge in [0, 0.05) is 0 Å². The molecule has 0 heterocycles. The van der Waals surface area contributed by atoms with E-state index in [2.05, 4.69) is 33.0 Å². The molecule has 3 N–H and O–H groups in total. The number of hydrogen-bond acceptors (Lipinski definition) is 2. The quantitative estimate of drug-likeness (QED) is 0.789. The highest BCUT2D eigenvalue weighted by molar-refractivity contribution is 5.12. The van der Waals surface area contributed by atoms with Crippen LogP contribution in [0.15, 0.2) is 0 Å². The van der Waals surface area contributed by atoms with E-state index in [0.717, 1.165) is 24.3 Å². The van der Waals surface area contributed by atoms with E-state index in [1.807, 2.05) is 0 Å². The minimum absolute atomic E-state index is 0.525. The lowest BCUT2D eigenvalue weighted by atomic mass is 9.82. The molecule has 2 saturated carbocycles. The molecule has 0 atom stereocenters. The standard InChI is InChI=1S/C16H32N2/c1-15(2)14(16(15,3)4)11-18-10-13-7-5-12(9-17)6-8-13/h12-14,18H,5-11,17H2,1-4H3. The summed E-state index contributed by atoms with van der Waals surface area (Å²) in [4.78, 5) is 0. The summed E-state index contributed by atoms with van der Waals surface area (Å²) in [5, 5.41) is 3.73. The fourth-order valence-corrected chi connectivity index (χ4v) is 3.95. The molecule has 0 spiro atoms. The van der Waals surface area contributed by atoms with Gasteiger partial charge in [0.1, 0.15) is 0 Å². The Morgan fingerprint density at radius 1 is 0.889 bits per heavy atom. The van der Waals surface area contributed by atoms with Crippen LogP contribution in [0.2, 0.25) is 0 Å². The molecular weight excluding hydrogens is 220 g/mol. The SMILES string of the molecule is CC1(C)C(CNCC2CCC(CN)CC2)C1(C)C. The van der Waals surface area contributed by atoms with Crippen molar-refractivity contribution >= 4 is 0 Å². The van der Waals surface area contributed by atoms with Gasteiger partial charge in [0.05, 0.1) is 0 Å². The molecule has 0 aliphatic heterocycles. The van der Waals surface area contributed by atoms with Crippen LogP contribution in [0.4, 0.5) is 0 Å². The summed E-state index contributed by atoms with van der Waals surface area (Å²) in [5.41, 5.74) is 6.79. The Balaban J connectivity index is 1.63. The molecule has 0 aromatic rings. The summed E-state index contributed by atoms with van der Waals surface area (Å²) in [5.74, 6) is 2.56. The van der Waals surface area contributed by atoms with E-state index < -0.39 is 0 Å². The first-order valence-electron chi connectivity index (χ1n) is 7.80. The van der Waals surface area contributed by atoms with Crippen molar-refractivity contribution in [1.82, 2.24) is 5.32 Å². The summed E-state index contributed by atoms with van der Waals surface area (Å²) < 4.78 is 0. The van der Waals surface area contributed by atoms with Gasteiger partial charge >= 0.3 is 0 Å². The van der Waals surface area contributed by atoms with E-state index in [9.17, 15) is 0 Å². The van der Waals surface area contributed by atoms with Crippen LogP contribution >= 0.6 is 0 Å². The summed E-state index contributed by atoms with van der Waals surface area (Å²) in [6.45, 7) is 13.0. The topological polar surface area (TPSA) is 38.0 Å². The van der Waals surface area contributed by atoms with Crippen LogP contribution in [0.5, 0.6) is 0 Å². The average molecular weight is 252 g/mol. The molecular formula is C16H32N2. The Kier molecular flexibility index (Phi) is 4.08. The van der Waals surface area contributed by atoms with E-state index in [1.54, 1.807) is 0 Å². The molecule has 2 aliphatic rings. The van der Waals surface area contributed by atoms with E-state index >= 15 is 0 Å². The van der Waals surface area contributed by atoms with Gasteiger partial charge in [-0.05, 0) is 73.9 Å². The second-order valence-corrected chi connectivity index (χ2v) is 7.78. The molecule has 0 unspecified atom stereocenters. The largest absolute Gasteiger partial charge is 0.330 e. The zero-order valence-corrected chi connectivity index (χ0v) is 12.8. The highest BCUT2D eigenvalue weighted by atomic mass is 14.9. The molecule has 0 aromatic heterocycles. The molecule has 2 heteroatoms. The number of rotatable bonds is 5. The monoisotopic (exact) mass is 252 g/mol. The first-order valence-corrected chi connectivity index (χ1v) is 7.80. The van der Waals surface area contributed by atoms with Gasteiger partial charge in [-0.3, -0.25) is 0 Å². The fraction of sp³-hybridized carbons (Fsp3) is 1.00. The Morgan fingerprint density at radius 3 is 1.83 bits per heavy atom. The van der Waals surface area contributed by atoms with Gasteiger partial charge in [-0.2, -0.15) is 0 Å². The van der Waals surface area contributed by atoms with Crippen LogP contribution in [0, 0.1) is 28.6 Å². The van der Waals surface area contributed by atoms with Gasteiger partial charge < -0.3 is 11.1 Å². The van der Waals surface area contributed by atoms with Crippen molar-refractivity contribution in [3.63, 3.8) is 0 Å². The lowest BCUT2D eigenvalue weighted by molar-refractivity contribution is 0.270. The minimum Gasteiger partial charge on any atom is -0.330 e. The van der Waals surface area contributed by atoms with Crippen LogP contribution in [0.25, 0.3) is 0 Å². The van der Waals surface area contributed by atoms with Crippen molar-refractivity contribution < 1.29 is 0 Å². The molecule has 2 rings (SSSR count). The van der Waals surface area contributed by atoms with Crippen molar-refractivity contribution in [2.24, 2.45) is 34.3 Å². The molecule has 2 fully saturated rings. The van der Waals surface area contributed by atoms with Crippen LogP contribution in [0.3, 0.4) is 0 Å². The van der Waals surface area contributed by atoms with Crippen molar-refractivity contribution in [2.45, 2.75) is 53.4 Å². The summed E-state index contributed by atoms with van der Waals surface area (Å²) >= 11 is 0. The lowest BCUT2D eigenvalue weighted by Gasteiger charge is -2.27. The van der Waals surface area contributed by atoms with Crippen LogP contribution in [-0.2, 0) is 0 Å². The molecule has 0 saturated heterocycles. The average Bonchev–Trinajstić information content (AvgIpc) is 2.72. The van der Waals surface area contributed by atoms with Crippen molar-refractivity contribution in [1.29, 1.82) is 0 Å². The highest BCUT2D eigenvalue weighted by Crippen LogP contribution is 2.67. The zero-order valence-electron chi connectivity index (χ0n) is 12.8. The van der Waals surface area contributed by atoms with Crippen molar-refractivity contribution in [3.05, 3.63) is 0 Å². The molecule has 0 bridgehead atoms. The number of nitrogens with two attached hydrogens (primary N) is 1. The first kappa shape index (κ1) is 14.3. The van der Waals surface area contributed by atoms with E-state index in [1.165, 1.54) is 38.8 Å². The maximum atomic E-state index is 5.74. The van der Waals surface area contributed by atoms with Gasteiger partial charge in [0.25, 0.3) is 0 Å². The first-order chi connectivity index (χ1) is 8.39. The lowest BCUT2D eigenvalue weighted by Crippen LogP contribution is -2.30. The van der Waals surface area contributed by atoms with Crippen LogP contribution < -0.4 is 11.1 Å². The second kappa shape index (κ2) is 5.13. The van der Waals surface area contributed by atoms with Gasteiger partial charge in [-0.25, -0.2) is 0 Å². The highest BCUT2D eigenvalue weighted by Gasteiger charge is 2.63. The smallest absolute Gasteiger partial charge is 0.000977 e. The fourth-order valence-electron chi connectivity index (χ4n) is 3.95. The van der Waals surface area contributed by atoms with Crippen LogP contribution in [0.1, 0.15) is 53.4 Å². The Morgan fingerprint density at radius 2 is 1.39 bits per heavy atom. The van der Waals surface area contributed by atoms with Gasteiger partial charge in [0.15, 0.2) is 0 Å². The molecule has 0 amide bonds. The third-order valence-electron chi connectivity index (χ3n) is 6.40. The van der Waals surface area contributed by atoms with Crippen LogP contribution in [-0.4, -0.2) is 19.6 Å². The summed E-state index contributed by atoms with van der Waals surface area (Å²) in [7, 11) is 0. The van der Waals surface area contributed by atoms with Gasteiger partial charge in [-0.1, -0.05) is 27.7 Å². The number of hydrogen-bond donors (Lipinski definition) is 2. The summed E-state index contributed by atoms with van der Waals surface area (Å²) in [6, 6.07) is 0. The third-order valence-corrected chi connectivity index (χ3v) is 6.40. The molecule has 106 valence electrons. The Labute approximate surface area is 113 Å². The Bertz CT molecular complexity index is 261. The van der Waals surface area contributed by atoms with E-state index in [-0.39, 0.29) is 0 Å². The normalized spacial score (nSPS) is 34.5. The maximum Gasteiger partial charge on any atom is -0.000977 e. The van der Waals surface area contributed by atoms with Crippen molar-refractivity contribution in [2.75, 3.05) is 19.6 Å². The molecule has 18 heavy (non-hydrogen) atoms. The Hall–Kier alpha value is -0.0800. The van der Waals surface area contributed by atoms with E-state index in [4.69, 9.17) is 5.73 Å². The second-order valence-electron chi connectivity index (χ2n) is 7.78. The molecule has 2 nitrogen and oxygen atoms in total. The van der Waals surface area contributed by atoms with Gasteiger partial charge in [0.2, 0.25) is 0 Å². The minimum atomic E-state index is 0.525. The molecule has 0 aromatic carbocycles. The van der Waals surface area contributed by atoms with E-state index in [0.29, 0.717) is 10.8 Å². The van der Waals surface area contributed by atoms with Crippen molar-refractivity contribution in [3.8, 4) is 0 Å². The predicted octanol–water partition coefficient (Wildman–Crippen LogP) is 3.02. The maximum absolute atomic E-state index is 5.74. The van der Waals surface area contributed by atoms with Gasteiger partial charge in [-0.15, -0.1) is 0 Å². The molecule has 0 radical (unpaired) electrons. The third kappa shape index (κ3) is 2.60. The summed E-state index contributed by atoms with van der Waals surface area (Å²) in [6.07, 6.45) is 5.46. The molecule has 2 aliphatic carbocycles. The number of nitrogens with one attached hydrogen (secondary N) is 1. The predicted molar refractivity (Wildman–Crippen MR) is 78.4 cm³/mol. The zero-order chi connectivity index (χ0) is 13.4.